The summed E-state index contributed by atoms with van der Waals surface area (Å²) in [5.74, 6) is 3.48. The van der Waals surface area contributed by atoms with Crippen LogP contribution in [0.25, 0.3) is 11.3 Å². The molecule has 0 bridgehead atoms. The van der Waals surface area contributed by atoms with Crippen LogP contribution < -0.4 is 10.6 Å². The maximum atomic E-state index is 5.71. The number of aromatic nitrogens is 2. The van der Waals surface area contributed by atoms with Crippen LogP contribution in [0.1, 0.15) is 6.42 Å². The predicted octanol–water partition coefficient (Wildman–Crippen LogP) is 2.18. The van der Waals surface area contributed by atoms with E-state index >= 15 is 0 Å². The van der Waals surface area contributed by atoms with Crippen molar-refractivity contribution in [1.82, 2.24) is 9.97 Å². The summed E-state index contributed by atoms with van der Waals surface area (Å²) in [5, 5.41) is 0. The van der Waals surface area contributed by atoms with Gasteiger partial charge in [-0.15, -0.1) is 0 Å². The maximum Gasteiger partial charge on any atom is 0.128 e. The molecule has 0 spiro atoms. The summed E-state index contributed by atoms with van der Waals surface area (Å²) in [5.41, 5.74) is 7.60. The average Bonchev–Trinajstić information content (AvgIpc) is 3.05. The van der Waals surface area contributed by atoms with Crippen molar-refractivity contribution in [3.63, 3.8) is 0 Å². The normalized spacial score (nSPS) is 24.3. The van der Waals surface area contributed by atoms with Crippen molar-refractivity contribution < 1.29 is 0 Å². The lowest BCUT2D eigenvalue weighted by molar-refractivity contribution is 0.805. The number of fused-ring (bicyclic) bond motifs is 1. The van der Waals surface area contributed by atoms with Crippen LogP contribution in [0, 0.1) is 11.8 Å². The Morgan fingerprint density at radius 3 is 2.63 bits per heavy atom. The minimum absolute atomic E-state index is 0.543. The van der Waals surface area contributed by atoms with E-state index in [4.69, 9.17) is 5.73 Å². The highest BCUT2D eigenvalue weighted by Gasteiger charge is 2.45. The van der Waals surface area contributed by atoms with Gasteiger partial charge in [0.15, 0.2) is 0 Å². The Bertz CT molecular complexity index is 598. The molecule has 1 aliphatic carbocycles. The van der Waals surface area contributed by atoms with Gasteiger partial charge in [0, 0.05) is 24.8 Å². The number of anilines is 2. The molecule has 4 rings (SSSR count). The molecule has 4 heteroatoms. The van der Waals surface area contributed by atoms with Gasteiger partial charge in [0.05, 0.1) is 5.69 Å². The fourth-order valence-corrected chi connectivity index (χ4v) is 2.92. The van der Waals surface area contributed by atoms with E-state index in [0.29, 0.717) is 5.82 Å². The van der Waals surface area contributed by atoms with Gasteiger partial charge >= 0.3 is 0 Å². The Balaban J connectivity index is 1.58. The quantitative estimate of drug-likeness (QED) is 0.890. The smallest absolute Gasteiger partial charge is 0.128 e. The zero-order chi connectivity index (χ0) is 12.8. The Morgan fingerprint density at radius 1 is 1.11 bits per heavy atom. The van der Waals surface area contributed by atoms with E-state index in [0.717, 1.165) is 28.9 Å². The van der Waals surface area contributed by atoms with Crippen molar-refractivity contribution in [1.29, 1.82) is 0 Å². The number of nitrogens with two attached hydrogens (primary N) is 1. The fraction of sp³-hybridized carbons (Fsp3) is 0.333. The standard InChI is InChI=1S/C15H16N4/c16-14-3-1-2-13(18-14)10-4-5-15(17-7-10)19-8-11-6-12(11)9-19/h1-5,7,11-12H,6,8-9H2,(H2,16,18). The first-order valence-electron chi connectivity index (χ1n) is 6.73. The van der Waals surface area contributed by atoms with Crippen LogP contribution in [0.4, 0.5) is 11.6 Å². The number of hydrogen-bond donors (Lipinski definition) is 1. The number of piperidine rings is 1. The van der Waals surface area contributed by atoms with Gasteiger partial charge in [0.25, 0.3) is 0 Å². The molecule has 2 aromatic heterocycles. The van der Waals surface area contributed by atoms with Crippen LogP contribution in [0.3, 0.4) is 0 Å². The second-order valence-electron chi connectivity index (χ2n) is 5.51. The van der Waals surface area contributed by atoms with Crippen molar-refractivity contribution in [3.05, 3.63) is 36.5 Å². The van der Waals surface area contributed by atoms with E-state index in [1.165, 1.54) is 19.5 Å². The second kappa shape index (κ2) is 3.95. The largest absolute Gasteiger partial charge is 0.384 e. The van der Waals surface area contributed by atoms with Gasteiger partial charge in [0.1, 0.15) is 11.6 Å². The first-order chi connectivity index (χ1) is 9.29. The SMILES string of the molecule is Nc1cccc(-c2ccc(N3CC4CC4C3)nc2)n1. The molecule has 96 valence electrons. The highest BCUT2D eigenvalue weighted by Crippen LogP contribution is 2.45. The molecule has 0 aromatic carbocycles. The Morgan fingerprint density at radius 2 is 1.95 bits per heavy atom. The molecule has 4 nitrogen and oxygen atoms in total. The second-order valence-corrected chi connectivity index (χ2v) is 5.51. The monoisotopic (exact) mass is 252 g/mol. The van der Waals surface area contributed by atoms with Gasteiger partial charge in [-0.3, -0.25) is 0 Å². The summed E-state index contributed by atoms with van der Waals surface area (Å²) in [4.78, 5) is 11.3. The lowest BCUT2D eigenvalue weighted by Crippen LogP contribution is -2.22. The number of rotatable bonds is 2. The molecular weight excluding hydrogens is 236 g/mol. The van der Waals surface area contributed by atoms with Crippen LogP contribution in [0.15, 0.2) is 36.5 Å². The Labute approximate surface area is 112 Å². The zero-order valence-electron chi connectivity index (χ0n) is 10.7. The van der Waals surface area contributed by atoms with Crippen molar-refractivity contribution in [2.24, 2.45) is 11.8 Å². The van der Waals surface area contributed by atoms with Gasteiger partial charge < -0.3 is 10.6 Å². The molecule has 3 heterocycles. The summed E-state index contributed by atoms with van der Waals surface area (Å²) in [6, 6.07) is 9.83. The van der Waals surface area contributed by atoms with Crippen LogP contribution in [0.5, 0.6) is 0 Å². The van der Waals surface area contributed by atoms with Crippen molar-refractivity contribution in [2.45, 2.75) is 6.42 Å². The molecular formula is C15H16N4. The van der Waals surface area contributed by atoms with Crippen LogP contribution in [0.2, 0.25) is 0 Å². The third-order valence-electron chi connectivity index (χ3n) is 4.12. The Hall–Kier alpha value is -2.10. The molecule has 1 aliphatic heterocycles. The van der Waals surface area contributed by atoms with E-state index in [9.17, 15) is 0 Å². The van der Waals surface area contributed by atoms with Gasteiger partial charge in [-0.1, -0.05) is 6.07 Å². The molecule has 2 unspecified atom stereocenters. The molecule has 2 aromatic rings. The van der Waals surface area contributed by atoms with Crippen LogP contribution in [-0.4, -0.2) is 23.1 Å². The van der Waals surface area contributed by atoms with E-state index in [-0.39, 0.29) is 0 Å². The van der Waals surface area contributed by atoms with Gasteiger partial charge in [-0.05, 0) is 42.5 Å². The van der Waals surface area contributed by atoms with E-state index in [2.05, 4.69) is 27.0 Å². The highest BCUT2D eigenvalue weighted by atomic mass is 15.2. The summed E-state index contributed by atoms with van der Waals surface area (Å²) in [7, 11) is 0. The minimum atomic E-state index is 0.543. The fourth-order valence-electron chi connectivity index (χ4n) is 2.92. The molecule has 0 radical (unpaired) electrons. The van der Waals surface area contributed by atoms with Crippen molar-refractivity contribution in [2.75, 3.05) is 23.7 Å². The molecule has 0 amide bonds. The topological polar surface area (TPSA) is 55.0 Å². The van der Waals surface area contributed by atoms with Crippen LogP contribution in [-0.2, 0) is 0 Å². The minimum Gasteiger partial charge on any atom is -0.384 e. The average molecular weight is 252 g/mol. The Kier molecular flexibility index (Phi) is 2.24. The van der Waals surface area contributed by atoms with Gasteiger partial charge in [-0.2, -0.15) is 0 Å². The highest BCUT2D eigenvalue weighted by molar-refractivity contribution is 5.61. The van der Waals surface area contributed by atoms with Gasteiger partial charge in [-0.25, -0.2) is 9.97 Å². The van der Waals surface area contributed by atoms with E-state index < -0.39 is 0 Å². The molecule has 1 saturated heterocycles. The summed E-state index contributed by atoms with van der Waals surface area (Å²) < 4.78 is 0. The molecule has 2 aliphatic rings. The lowest BCUT2D eigenvalue weighted by Gasteiger charge is -2.18. The van der Waals surface area contributed by atoms with E-state index in [1.54, 1.807) is 6.07 Å². The van der Waals surface area contributed by atoms with Gasteiger partial charge in [0.2, 0.25) is 0 Å². The van der Waals surface area contributed by atoms with Crippen LogP contribution >= 0.6 is 0 Å². The maximum absolute atomic E-state index is 5.71. The number of nitrogens with zero attached hydrogens (tertiary/aromatic N) is 3. The molecule has 2 N–H and O–H groups in total. The number of nitrogen functional groups attached to an aromatic ring is 1. The predicted molar refractivity (Wildman–Crippen MR) is 75.7 cm³/mol. The molecule has 19 heavy (non-hydrogen) atoms. The van der Waals surface area contributed by atoms with E-state index in [1.807, 2.05) is 18.3 Å². The third-order valence-corrected chi connectivity index (χ3v) is 4.12. The molecule has 2 fully saturated rings. The summed E-state index contributed by atoms with van der Waals surface area (Å²) in [6.45, 7) is 2.35. The summed E-state index contributed by atoms with van der Waals surface area (Å²) in [6.07, 6.45) is 3.31. The molecule has 2 atom stereocenters. The zero-order valence-corrected chi connectivity index (χ0v) is 10.7. The summed E-state index contributed by atoms with van der Waals surface area (Å²) >= 11 is 0. The first kappa shape index (κ1) is 10.8. The lowest BCUT2D eigenvalue weighted by atomic mass is 10.2. The van der Waals surface area contributed by atoms with Crippen molar-refractivity contribution in [3.8, 4) is 11.3 Å². The van der Waals surface area contributed by atoms with Crippen molar-refractivity contribution >= 4 is 11.6 Å². The third kappa shape index (κ3) is 1.93. The molecule has 1 saturated carbocycles. The number of hydrogen-bond acceptors (Lipinski definition) is 4. The first-order valence-corrected chi connectivity index (χ1v) is 6.73. The number of pyridine rings is 2.